The van der Waals surface area contributed by atoms with Gasteiger partial charge in [0.1, 0.15) is 0 Å². The minimum atomic E-state index is -4.11. The Balaban J connectivity index is 1.49. The van der Waals surface area contributed by atoms with Crippen LogP contribution in [0.15, 0.2) is 53.6 Å². The molecule has 0 fully saturated rings. The zero-order valence-corrected chi connectivity index (χ0v) is 15.6. The number of hydrogen-bond donors (Lipinski definition) is 4. The van der Waals surface area contributed by atoms with Crippen molar-refractivity contribution in [2.45, 2.75) is 11.3 Å². The summed E-state index contributed by atoms with van der Waals surface area (Å²) in [6, 6.07) is 9.26. The Morgan fingerprint density at radius 2 is 1.76 bits per heavy atom. The van der Waals surface area contributed by atoms with E-state index in [1.165, 1.54) is 6.20 Å². The summed E-state index contributed by atoms with van der Waals surface area (Å²) < 4.78 is 52.2. The first-order chi connectivity index (χ1) is 13.8. The summed E-state index contributed by atoms with van der Waals surface area (Å²) >= 11 is 0. The third-order valence-corrected chi connectivity index (χ3v) is 5.45. The first kappa shape index (κ1) is 20.4. The van der Waals surface area contributed by atoms with Crippen LogP contribution in [0.1, 0.15) is 16.8 Å². The predicted octanol–water partition coefficient (Wildman–Crippen LogP) is 1.58. The van der Waals surface area contributed by atoms with Gasteiger partial charge in [0.2, 0.25) is 15.9 Å². The SMILES string of the molecule is O=C(CCNS(=O)(=O)c1ccc(F)c(F)c1)NNC(=O)c1c[nH]c2ccccc12. The van der Waals surface area contributed by atoms with Gasteiger partial charge in [-0.2, -0.15) is 0 Å². The molecule has 3 rings (SSSR count). The molecule has 1 heterocycles. The van der Waals surface area contributed by atoms with Crippen LogP contribution in [-0.2, 0) is 14.8 Å². The molecule has 11 heteroatoms. The lowest BCUT2D eigenvalue weighted by molar-refractivity contribution is -0.121. The number of H-pyrrole nitrogens is 1. The second kappa shape index (κ2) is 8.37. The zero-order valence-electron chi connectivity index (χ0n) is 14.8. The fourth-order valence-corrected chi connectivity index (χ4v) is 3.59. The Labute approximate surface area is 164 Å². The van der Waals surface area contributed by atoms with E-state index in [2.05, 4.69) is 20.6 Å². The number of sulfonamides is 1. The van der Waals surface area contributed by atoms with Gasteiger partial charge in [0.15, 0.2) is 11.6 Å². The largest absolute Gasteiger partial charge is 0.360 e. The molecule has 0 spiro atoms. The van der Waals surface area contributed by atoms with Crippen LogP contribution in [0.2, 0.25) is 0 Å². The van der Waals surface area contributed by atoms with E-state index in [9.17, 15) is 26.8 Å². The number of fused-ring (bicyclic) bond motifs is 1. The minimum Gasteiger partial charge on any atom is -0.360 e. The molecule has 0 aliphatic rings. The molecule has 0 aliphatic carbocycles. The maximum absolute atomic E-state index is 13.2. The Morgan fingerprint density at radius 1 is 1.00 bits per heavy atom. The molecule has 0 unspecified atom stereocenters. The molecule has 1 aromatic heterocycles. The number of para-hydroxylation sites is 1. The van der Waals surface area contributed by atoms with E-state index in [1.54, 1.807) is 18.2 Å². The van der Waals surface area contributed by atoms with Gasteiger partial charge in [-0.1, -0.05) is 18.2 Å². The second-order valence-electron chi connectivity index (χ2n) is 5.97. The van der Waals surface area contributed by atoms with Gasteiger partial charge in [-0.05, 0) is 24.3 Å². The monoisotopic (exact) mass is 422 g/mol. The van der Waals surface area contributed by atoms with Gasteiger partial charge in [0.25, 0.3) is 5.91 Å². The topological polar surface area (TPSA) is 120 Å². The average molecular weight is 422 g/mol. The maximum atomic E-state index is 13.2. The van der Waals surface area contributed by atoms with Gasteiger partial charge >= 0.3 is 0 Å². The molecular weight excluding hydrogens is 406 g/mol. The number of hydrazine groups is 1. The van der Waals surface area contributed by atoms with Crippen LogP contribution in [0, 0.1) is 11.6 Å². The molecule has 8 nitrogen and oxygen atoms in total. The van der Waals surface area contributed by atoms with E-state index in [1.807, 2.05) is 6.07 Å². The van der Waals surface area contributed by atoms with Gasteiger partial charge in [-0.25, -0.2) is 21.9 Å². The molecule has 0 bridgehead atoms. The van der Waals surface area contributed by atoms with E-state index in [0.717, 1.165) is 11.6 Å². The number of aromatic nitrogens is 1. The van der Waals surface area contributed by atoms with Crippen molar-refractivity contribution < 1.29 is 26.8 Å². The summed E-state index contributed by atoms with van der Waals surface area (Å²) in [5.41, 5.74) is 5.52. The Bertz CT molecular complexity index is 1180. The number of carbonyl (C=O) groups excluding carboxylic acids is 2. The first-order valence-corrected chi connectivity index (χ1v) is 9.86. The molecule has 2 aromatic carbocycles. The summed E-state index contributed by atoms with van der Waals surface area (Å²) in [6.07, 6.45) is 1.21. The number of rotatable bonds is 6. The van der Waals surface area contributed by atoms with Crippen LogP contribution < -0.4 is 15.6 Å². The first-order valence-electron chi connectivity index (χ1n) is 8.38. The van der Waals surface area contributed by atoms with E-state index in [-0.39, 0.29) is 13.0 Å². The third-order valence-electron chi connectivity index (χ3n) is 3.99. The van der Waals surface area contributed by atoms with Crippen molar-refractivity contribution in [3.8, 4) is 0 Å². The van der Waals surface area contributed by atoms with Crippen LogP contribution in [0.25, 0.3) is 10.9 Å². The van der Waals surface area contributed by atoms with Gasteiger partial charge in [-0.3, -0.25) is 20.4 Å². The second-order valence-corrected chi connectivity index (χ2v) is 7.74. The molecule has 4 N–H and O–H groups in total. The number of aromatic amines is 1. The van der Waals surface area contributed by atoms with Crippen LogP contribution in [0.5, 0.6) is 0 Å². The molecule has 0 saturated heterocycles. The number of hydrogen-bond acceptors (Lipinski definition) is 4. The van der Waals surface area contributed by atoms with Crippen LogP contribution in [0.4, 0.5) is 8.78 Å². The summed E-state index contributed by atoms with van der Waals surface area (Å²) in [7, 11) is -4.11. The normalized spacial score (nSPS) is 11.4. The summed E-state index contributed by atoms with van der Waals surface area (Å²) in [5, 5.41) is 0.679. The number of halogens is 2. The molecule has 2 amide bonds. The smallest absolute Gasteiger partial charge is 0.271 e. The van der Waals surface area contributed by atoms with Crippen LogP contribution in [-0.4, -0.2) is 31.8 Å². The van der Waals surface area contributed by atoms with E-state index >= 15 is 0 Å². The number of carbonyl (C=O) groups is 2. The van der Waals surface area contributed by atoms with Gasteiger partial charge in [0.05, 0.1) is 10.5 Å². The molecule has 3 aromatic rings. The maximum Gasteiger partial charge on any atom is 0.271 e. The molecule has 0 aliphatic heterocycles. The fourth-order valence-electron chi connectivity index (χ4n) is 2.54. The molecule has 0 atom stereocenters. The van der Waals surface area contributed by atoms with Crippen molar-refractivity contribution in [3.63, 3.8) is 0 Å². The van der Waals surface area contributed by atoms with Gasteiger partial charge in [0, 0.05) is 30.1 Å². The van der Waals surface area contributed by atoms with E-state index < -0.39 is 38.4 Å². The third kappa shape index (κ3) is 4.76. The van der Waals surface area contributed by atoms with Crippen molar-refractivity contribution in [2.24, 2.45) is 0 Å². The Kier molecular flexibility index (Phi) is 5.89. The molecule has 29 heavy (non-hydrogen) atoms. The lowest BCUT2D eigenvalue weighted by Gasteiger charge is -2.09. The highest BCUT2D eigenvalue weighted by molar-refractivity contribution is 7.89. The van der Waals surface area contributed by atoms with Crippen molar-refractivity contribution in [1.82, 2.24) is 20.6 Å². The summed E-state index contributed by atoms with van der Waals surface area (Å²) in [4.78, 5) is 26.5. The molecule has 152 valence electrons. The highest BCUT2D eigenvalue weighted by Gasteiger charge is 2.17. The number of benzene rings is 2. The van der Waals surface area contributed by atoms with Crippen molar-refractivity contribution >= 4 is 32.7 Å². The molecule has 0 saturated carbocycles. The Morgan fingerprint density at radius 3 is 2.52 bits per heavy atom. The standard InChI is InChI=1S/C18H16F2N4O4S/c19-14-6-5-11(9-15(14)20)29(27,28)22-8-7-17(25)23-24-18(26)13-10-21-16-4-2-1-3-12(13)16/h1-6,9-10,21-22H,7-8H2,(H,23,25)(H,24,26). The minimum absolute atomic E-state index is 0.295. The lowest BCUT2D eigenvalue weighted by atomic mass is 10.2. The number of nitrogens with one attached hydrogen (secondary N) is 4. The van der Waals surface area contributed by atoms with Crippen LogP contribution in [0.3, 0.4) is 0 Å². The van der Waals surface area contributed by atoms with Crippen molar-refractivity contribution in [1.29, 1.82) is 0 Å². The lowest BCUT2D eigenvalue weighted by Crippen LogP contribution is -2.42. The number of amides is 2. The highest BCUT2D eigenvalue weighted by atomic mass is 32.2. The predicted molar refractivity (Wildman–Crippen MR) is 100 cm³/mol. The summed E-state index contributed by atoms with van der Waals surface area (Å²) in [5.74, 6) is -3.66. The van der Waals surface area contributed by atoms with E-state index in [4.69, 9.17) is 0 Å². The summed E-state index contributed by atoms with van der Waals surface area (Å²) in [6.45, 7) is -0.309. The van der Waals surface area contributed by atoms with Gasteiger partial charge < -0.3 is 4.98 Å². The van der Waals surface area contributed by atoms with Gasteiger partial charge in [-0.15, -0.1) is 0 Å². The highest BCUT2D eigenvalue weighted by Crippen LogP contribution is 2.17. The fraction of sp³-hybridized carbons (Fsp3) is 0.111. The van der Waals surface area contributed by atoms with E-state index in [0.29, 0.717) is 23.1 Å². The Hall–Kier alpha value is -3.31. The molecular formula is C18H16F2N4O4S. The van der Waals surface area contributed by atoms with Crippen molar-refractivity contribution in [3.05, 3.63) is 65.9 Å². The quantitative estimate of drug-likeness (QED) is 0.451. The van der Waals surface area contributed by atoms with Crippen LogP contribution >= 0.6 is 0 Å². The zero-order chi connectivity index (χ0) is 21.0. The average Bonchev–Trinajstić information content (AvgIpc) is 3.12. The molecule has 0 radical (unpaired) electrons. The van der Waals surface area contributed by atoms with Crippen molar-refractivity contribution in [2.75, 3.05) is 6.54 Å².